The van der Waals surface area contributed by atoms with E-state index in [0.29, 0.717) is 0 Å². The van der Waals surface area contributed by atoms with Crippen molar-refractivity contribution in [3.63, 3.8) is 0 Å². The molecule has 1 nitrogen and oxygen atoms in total. The molecule has 59 heavy (non-hydrogen) atoms. The second-order valence-corrected chi connectivity index (χ2v) is 15.8. The van der Waals surface area contributed by atoms with E-state index in [0.717, 1.165) is 33.6 Å². The Bertz CT molecular complexity index is 3190. The van der Waals surface area contributed by atoms with E-state index >= 15 is 0 Å². The first-order chi connectivity index (χ1) is 29.3. The van der Waals surface area contributed by atoms with Crippen LogP contribution in [0.5, 0.6) is 0 Å². The van der Waals surface area contributed by atoms with Gasteiger partial charge in [0, 0.05) is 11.1 Å². The Kier molecular flexibility index (Phi) is 7.52. The quantitative estimate of drug-likeness (QED) is 0.171. The highest BCUT2D eigenvalue weighted by molar-refractivity contribution is 6.09. The maximum atomic E-state index is 5.22. The van der Waals surface area contributed by atoms with E-state index in [2.05, 4.69) is 224 Å². The summed E-state index contributed by atoms with van der Waals surface area (Å²) in [7, 11) is 0. The van der Waals surface area contributed by atoms with Gasteiger partial charge in [0.1, 0.15) is 0 Å². The van der Waals surface area contributed by atoms with Crippen LogP contribution in [0.15, 0.2) is 224 Å². The maximum Gasteiger partial charge on any atom is 0.0731 e. The van der Waals surface area contributed by atoms with E-state index in [9.17, 15) is 0 Å². The van der Waals surface area contributed by atoms with Crippen molar-refractivity contribution in [2.24, 2.45) is 0 Å². The Labute approximate surface area is 344 Å². The number of aromatic nitrogens is 1. The zero-order chi connectivity index (χ0) is 38.9. The molecule has 0 N–H and O–H groups in total. The summed E-state index contributed by atoms with van der Waals surface area (Å²) in [6.07, 6.45) is 0. The molecule has 0 fully saturated rings. The van der Waals surface area contributed by atoms with Crippen molar-refractivity contribution in [3.05, 3.63) is 247 Å². The average Bonchev–Trinajstić information content (AvgIpc) is 3.80. The highest BCUT2D eigenvalue weighted by Gasteiger charge is 2.52. The van der Waals surface area contributed by atoms with Gasteiger partial charge in [-0.3, -0.25) is 0 Å². The number of fused-ring (bicyclic) bond motifs is 12. The zero-order valence-electron chi connectivity index (χ0n) is 32.3. The van der Waals surface area contributed by atoms with Crippen LogP contribution in [0.1, 0.15) is 22.3 Å². The topological polar surface area (TPSA) is 12.9 Å². The second kappa shape index (κ2) is 13.2. The van der Waals surface area contributed by atoms with E-state index < -0.39 is 5.41 Å². The molecule has 0 bridgehead atoms. The molecule has 0 radical (unpaired) electrons. The van der Waals surface area contributed by atoms with E-state index in [4.69, 9.17) is 4.98 Å². The van der Waals surface area contributed by atoms with Gasteiger partial charge < -0.3 is 0 Å². The van der Waals surface area contributed by atoms with Crippen LogP contribution in [-0.4, -0.2) is 4.98 Å². The van der Waals surface area contributed by atoms with Gasteiger partial charge in [0.25, 0.3) is 0 Å². The van der Waals surface area contributed by atoms with Gasteiger partial charge in [-0.15, -0.1) is 0 Å². The van der Waals surface area contributed by atoms with Crippen LogP contribution >= 0.6 is 0 Å². The Morgan fingerprint density at radius 2 is 0.712 bits per heavy atom. The summed E-state index contributed by atoms with van der Waals surface area (Å²) in [5.41, 5.74) is 21.6. The smallest absolute Gasteiger partial charge is 0.0731 e. The molecule has 1 spiro atoms. The summed E-state index contributed by atoms with van der Waals surface area (Å²) >= 11 is 0. The van der Waals surface area contributed by atoms with Crippen LogP contribution in [0, 0.1) is 0 Å². The zero-order valence-corrected chi connectivity index (χ0v) is 32.3. The maximum absolute atomic E-state index is 5.22. The van der Waals surface area contributed by atoms with Gasteiger partial charge in [0.15, 0.2) is 0 Å². The molecule has 10 aromatic rings. The first kappa shape index (κ1) is 33.5. The Morgan fingerprint density at radius 1 is 0.288 bits per heavy atom. The van der Waals surface area contributed by atoms with Crippen LogP contribution < -0.4 is 0 Å². The van der Waals surface area contributed by atoms with Crippen molar-refractivity contribution < 1.29 is 0 Å². The third-order valence-electron chi connectivity index (χ3n) is 12.7. The van der Waals surface area contributed by atoms with Crippen molar-refractivity contribution in [3.8, 4) is 78.1 Å². The molecule has 2 aliphatic rings. The fraction of sp³-hybridized carbons (Fsp3) is 0.0172. The fourth-order valence-electron chi connectivity index (χ4n) is 10.1. The highest BCUT2D eigenvalue weighted by atomic mass is 14.7. The summed E-state index contributed by atoms with van der Waals surface area (Å²) in [4.78, 5) is 5.22. The molecule has 1 heteroatoms. The number of nitrogens with zero attached hydrogens (tertiary/aromatic N) is 1. The molecule has 0 saturated heterocycles. The van der Waals surface area contributed by atoms with Crippen LogP contribution in [-0.2, 0) is 5.41 Å². The van der Waals surface area contributed by atoms with Crippen LogP contribution in [0.2, 0.25) is 0 Å². The lowest BCUT2D eigenvalue weighted by atomic mass is 9.69. The molecular weight excluding hydrogens is 711 g/mol. The van der Waals surface area contributed by atoms with Crippen molar-refractivity contribution in [1.82, 2.24) is 4.98 Å². The van der Waals surface area contributed by atoms with E-state index in [1.54, 1.807) is 0 Å². The number of rotatable bonds is 5. The second-order valence-electron chi connectivity index (χ2n) is 15.8. The number of hydrogen-bond donors (Lipinski definition) is 0. The van der Waals surface area contributed by atoms with Gasteiger partial charge >= 0.3 is 0 Å². The number of pyridine rings is 1. The average molecular weight is 748 g/mol. The summed E-state index contributed by atoms with van der Waals surface area (Å²) in [6.45, 7) is 0. The third-order valence-corrected chi connectivity index (χ3v) is 12.7. The van der Waals surface area contributed by atoms with E-state index in [1.165, 1.54) is 77.5 Å². The van der Waals surface area contributed by atoms with Crippen LogP contribution in [0.4, 0.5) is 0 Å². The molecule has 9 aromatic carbocycles. The van der Waals surface area contributed by atoms with Crippen molar-refractivity contribution >= 4 is 10.8 Å². The molecule has 0 unspecified atom stereocenters. The van der Waals surface area contributed by atoms with Gasteiger partial charge in [0.2, 0.25) is 0 Å². The van der Waals surface area contributed by atoms with Crippen molar-refractivity contribution in [2.75, 3.05) is 0 Å². The molecule has 2 aliphatic carbocycles. The third kappa shape index (κ3) is 5.08. The molecular formula is C58H37N. The fourth-order valence-corrected chi connectivity index (χ4v) is 10.1. The summed E-state index contributed by atoms with van der Waals surface area (Å²) in [6, 6.07) is 82.2. The number of hydrogen-bond acceptors (Lipinski definition) is 1. The molecule has 0 amide bonds. The van der Waals surface area contributed by atoms with Gasteiger partial charge in [-0.1, -0.05) is 206 Å². The van der Waals surface area contributed by atoms with Crippen molar-refractivity contribution in [2.45, 2.75) is 5.41 Å². The lowest BCUT2D eigenvalue weighted by Gasteiger charge is -2.31. The Balaban J connectivity index is 1.03. The Morgan fingerprint density at radius 3 is 1.34 bits per heavy atom. The van der Waals surface area contributed by atoms with Crippen LogP contribution in [0.3, 0.4) is 0 Å². The highest BCUT2D eigenvalue weighted by Crippen LogP contribution is 2.65. The minimum Gasteiger partial charge on any atom is -0.248 e. The first-order valence-corrected chi connectivity index (χ1v) is 20.5. The minimum absolute atomic E-state index is 0.421. The standard InChI is InChI=1S/C58H37N/c1-3-15-38(16-4-1)39-29-33-43(34-30-39)55-37-45(36-54(59-55)42-17-5-2-6-18-42)40-27-31-41(32-28-40)50-35-44-19-7-8-20-46(44)57-56(50)49-23-11-14-26-53(49)58(57)51-24-12-9-21-47(51)48-22-10-13-25-52(48)58/h1-37H. The van der Waals surface area contributed by atoms with E-state index in [1.807, 2.05) is 0 Å². The van der Waals surface area contributed by atoms with Gasteiger partial charge in [-0.25, -0.2) is 4.98 Å². The molecule has 274 valence electrons. The molecule has 0 saturated carbocycles. The Hall–Kier alpha value is -7.61. The molecule has 12 rings (SSSR count). The SMILES string of the molecule is c1ccc(-c2ccc(-c3cc(-c4ccc(-c5cc6ccccc6c6c5-c5ccccc5C65c6ccccc6-c6ccccc65)cc4)cc(-c4ccccc4)n3)cc2)cc1. The summed E-state index contributed by atoms with van der Waals surface area (Å²) in [5, 5.41) is 2.56. The molecule has 1 aromatic heterocycles. The normalized spacial score (nSPS) is 12.9. The van der Waals surface area contributed by atoms with Gasteiger partial charge in [-0.05, 0) is 107 Å². The molecule has 1 heterocycles. The van der Waals surface area contributed by atoms with Crippen LogP contribution in [0.25, 0.3) is 88.9 Å². The monoisotopic (exact) mass is 747 g/mol. The number of benzene rings is 9. The summed E-state index contributed by atoms with van der Waals surface area (Å²) in [5.74, 6) is 0. The lowest BCUT2D eigenvalue weighted by molar-refractivity contribution is 0.801. The minimum atomic E-state index is -0.421. The lowest BCUT2D eigenvalue weighted by Crippen LogP contribution is -2.26. The summed E-state index contributed by atoms with van der Waals surface area (Å²) < 4.78 is 0. The van der Waals surface area contributed by atoms with Crippen molar-refractivity contribution in [1.29, 1.82) is 0 Å². The van der Waals surface area contributed by atoms with Gasteiger partial charge in [0.05, 0.1) is 16.8 Å². The van der Waals surface area contributed by atoms with E-state index in [-0.39, 0.29) is 0 Å². The predicted octanol–water partition coefficient (Wildman–Crippen LogP) is 14.9. The predicted molar refractivity (Wildman–Crippen MR) is 245 cm³/mol. The molecule has 0 atom stereocenters. The largest absolute Gasteiger partial charge is 0.248 e. The molecule has 0 aliphatic heterocycles. The first-order valence-electron chi connectivity index (χ1n) is 20.5. The van der Waals surface area contributed by atoms with Gasteiger partial charge in [-0.2, -0.15) is 0 Å².